The van der Waals surface area contributed by atoms with Gasteiger partial charge >= 0.3 is 0 Å². The molecule has 4 rings (SSSR count). The number of hydrogen-bond donors (Lipinski definition) is 1. The second kappa shape index (κ2) is 9.10. The number of ether oxygens (including phenoxy) is 1. The highest BCUT2D eigenvalue weighted by atomic mass is 16.5. The van der Waals surface area contributed by atoms with E-state index in [0.29, 0.717) is 12.5 Å². The molecular formula is C25H32N2O2. The molecule has 0 saturated carbocycles. The van der Waals surface area contributed by atoms with Crippen molar-refractivity contribution in [3.05, 3.63) is 71.3 Å². The van der Waals surface area contributed by atoms with Crippen molar-refractivity contribution in [1.29, 1.82) is 0 Å². The molecule has 1 aliphatic carbocycles. The molecule has 29 heavy (non-hydrogen) atoms. The number of nitrogens with zero attached hydrogens (tertiary/aromatic N) is 1. The average molecular weight is 393 g/mol. The summed E-state index contributed by atoms with van der Waals surface area (Å²) in [5.74, 6) is 0.595. The molecule has 4 heteroatoms. The van der Waals surface area contributed by atoms with Crippen LogP contribution in [0.3, 0.4) is 0 Å². The summed E-state index contributed by atoms with van der Waals surface area (Å²) in [6.45, 7) is 3.19. The first-order valence-corrected chi connectivity index (χ1v) is 10.9. The number of likely N-dealkylation sites (N-methyl/N-ethyl adjacent to an activating group) is 1. The van der Waals surface area contributed by atoms with Crippen molar-refractivity contribution in [3.63, 3.8) is 0 Å². The van der Waals surface area contributed by atoms with Gasteiger partial charge in [-0.3, -0.25) is 9.69 Å². The SMILES string of the molecule is CN(CCc1ccccc1)C1(C(=O)NC[C@H]2CCCOC2)Cc2ccccc2C1. The third-order valence-electron chi connectivity index (χ3n) is 6.62. The van der Waals surface area contributed by atoms with Crippen molar-refractivity contribution < 1.29 is 9.53 Å². The average Bonchev–Trinajstić information content (AvgIpc) is 3.18. The Labute approximate surface area is 174 Å². The summed E-state index contributed by atoms with van der Waals surface area (Å²) in [7, 11) is 2.11. The Morgan fingerprint density at radius 3 is 2.45 bits per heavy atom. The Kier molecular flexibility index (Phi) is 6.31. The maximum Gasteiger partial charge on any atom is 0.241 e. The van der Waals surface area contributed by atoms with Gasteiger partial charge in [-0.1, -0.05) is 54.6 Å². The first kappa shape index (κ1) is 20.1. The number of rotatable bonds is 7. The molecule has 154 valence electrons. The molecule has 0 spiro atoms. The quantitative estimate of drug-likeness (QED) is 0.787. The van der Waals surface area contributed by atoms with E-state index in [9.17, 15) is 4.79 Å². The summed E-state index contributed by atoms with van der Waals surface area (Å²) in [4.78, 5) is 15.8. The van der Waals surface area contributed by atoms with E-state index >= 15 is 0 Å². The Morgan fingerprint density at radius 1 is 1.10 bits per heavy atom. The molecule has 2 aromatic carbocycles. The highest BCUT2D eigenvalue weighted by molar-refractivity contribution is 5.88. The van der Waals surface area contributed by atoms with Gasteiger partial charge in [0.25, 0.3) is 0 Å². The fraction of sp³-hybridized carbons (Fsp3) is 0.480. The van der Waals surface area contributed by atoms with Crippen LogP contribution in [0, 0.1) is 5.92 Å². The number of hydrogen-bond acceptors (Lipinski definition) is 3. The molecule has 1 heterocycles. The van der Waals surface area contributed by atoms with Gasteiger partial charge in [-0.25, -0.2) is 0 Å². The van der Waals surface area contributed by atoms with E-state index in [0.717, 1.165) is 51.9 Å². The summed E-state index contributed by atoms with van der Waals surface area (Å²) in [5, 5.41) is 3.29. The van der Waals surface area contributed by atoms with E-state index in [1.54, 1.807) is 0 Å². The predicted octanol–water partition coefficient (Wildman–Crippen LogP) is 3.24. The van der Waals surface area contributed by atoms with Crippen molar-refractivity contribution in [1.82, 2.24) is 10.2 Å². The lowest BCUT2D eigenvalue weighted by Gasteiger charge is -2.38. The maximum absolute atomic E-state index is 13.5. The van der Waals surface area contributed by atoms with Gasteiger partial charge in [0.05, 0.1) is 6.61 Å². The molecule has 1 amide bonds. The minimum absolute atomic E-state index is 0.162. The van der Waals surface area contributed by atoms with Gasteiger partial charge in [0.15, 0.2) is 0 Å². The number of fused-ring (bicyclic) bond motifs is 1. The second-order valence-corrected chi connectivity index (χ2v) is 8.60. The minimum Gasteiger partial charge on any atom is -0.381 e. The zero-order chi connectivity index (χ0) is 20.1. The van der Waals surface area contributed by atoms with Gasteiger partial charge in [0, 0.05) is 32.5 Å². The zero-order valence-corrected chi connectivity index (χ0v) is 17.4. The fourth-order valence-corrected chi connectivity index (χ4v) is 4.72. The molecule has 0 bridgehead atoms. The van der Waals surface area contributed by atoms with Crippen molar-refractivity contribution in [2.45, 2.75) is 37.6 Å². The minimum atomic E-state index is -0.506. The molecule has 1 saturated heterocycles. The van der Waals surface area contributed by atoms with Gasteiger partial charge in [0.1, 0.15) is 5.54 Å². The molecule has 1 aliphatic heterocycles. The van der Waals surface area contributed by atoms with Crippen LogP contribution < -0.4 is 5.32 Å². The number of carbonyl (C=O) groups is 1. The standard InChI is InChI=1S/C25H32N2O2/c1-27(14-13-20-8-3-2-4-9-20)25(16-22-11-5-6-12-23(22)17-25)24(28)26-18-21-10-7-15-29-19-21/h2-6,8-9,11-12,21H,7,10,13-19H2,1H3,(H,26,28)/t21-/m1/s1. The van der Waals surface area contributed by atoms with Crippen LogP contribution in [-0.4, -0.2) is 49.7 Å². The van der Waals surface area contributed by atoms with Crippen LogP contribution in [-0.2, 0) is 28.8 Å². The van der Waals surface area contributed by atoms with E-state index in [4.69, 9.17) is 4.74 Å². The summed E-state index contributed by atoms with van der Waals surface area (Å²) in [6, 6.07) is 19.0. The maximum atomic E-state index is 13.5. The second-order valence-electron chi connectivity index (χ2n) is 8.60. The molecule has 1 N–H and O–H groups in total. The van der Waals surface area contributed by atoms with Crippen LogP contribution in [0.25, 0.3) is 0 Å². The number of benzene rings is 2. The Hall–Kier alpha value is -2.17. The van der Waals surface area contributed by atoms with Crippen LogP contribution >= 0.6 is 0 Å². The van der Waals surface area contributed by atoms with Crippen LogP contribution in [0.5, 0.6) is 0 Å². The number of nitrogens with one attached hydrogen (secondary N) is 1. The Balaban J connectivity index is 1.47. The van der Waals surface area contributed by atoms with Crippen molar-refractivity contribution in [2.24, 2.45) is 5.92 Å². The molecule has 1 fully saturated rings. The largest absolute Gasteiger partial charge is 0.381 e. The first-order chi connectivity index (χ1) is 14.2. The zero-order valence-electron chi connectivity index (χ0n) is 17.4. The normalized spacial score (nSPS) is 20.4. The van der Waals surface area contributed by atoms with E-state index in [-0.39, 0.29) is 5.91 Å². The summed E-state index contributed by atoms with van der Waals surface area (Å²) in [6.07, 6.45) is 4.73. The van der Waals surface area contributed by atoms with Crippen molar-refractivity contribution in [2.75, 3.05) is 33.4 Å². The summed E-state index contributed by atoms with van der Waals surface area (Å²) < 4.78 is 5.59. The highest BCUT2D eigenvalue weighted by Gasteiger charge is 2.46. The third kappa shape index (κ3) is 4.54. The molecule has 0 radical (unpaired) electrons. The lowest BCUT2D eigenvalue weighted by molar-refractivity contribution is -0.132. The third-order valence-corrected chi connectivity index (χ3v) is 6.62. The van der Waals surface area contributed by atoms with E-state index in [1.165, 1.54) is 16.7 Å². The van der Waals surface area contributed by atoms with Crippen LogP contribution in [0.2, 0.25) is 0 Å². The molecule has 1 atom stereocenters. The van der Waals surface area contributed by atoms with Gasteiger partial charge in [0.2, 0.25) is 5.91 Å². The Bertz CT molecular complexity index is 790. The molecule has 2 aliphatic rings. The van der Waals surface area contributed by atoms with E-state index in [1.807, 2.05) is 6.07 Å². The van der Waals surface area contributed by atoms with E-state index in [2.05, 4.69) is 65.8 Å². The topological polar surface area (TPSA) is 41.6 Å². The van der Waals surface area contributed by atoms with Crippen LogP contribution in [0.15, 0.2) is 54.6 Å². The van der Waals surface area contributed by atoms with Crippen molar-refractivity contribution in [3.8, 4) is 0 Å². The summed E-state index contributed by atoms with van der Waals surface area (Å²) in [5.41, 5.74) is 3.41. The molecule has 0 aromatic heterocycles. The number of amides is 1. The predicted molar refractivity (Wildman–Crippen MR) is 116 cm³/mol. The van der Waals surface area contributed by atoms with E-state index < -0.39 is 5.54 Å². The monoisotopic (exact) mass is 392 g/mol. The lowest BCUT2D eigenvalue weighted by Crippen LogP contribution is -2.59. The molecular weight excluding hydrogens is 360 g/mol. The lowest BCUT2D eigenvalue weighted by atomic mass is 9.91. The van der Waals surface area contributed by atoms with Gasteiger partial charge < -0.3 is 10.1 Å². The van der Waals surface area contributed by atoms with Gasteiger partial charge in [-0.05, 0) is 48.9 Å². The first-order valence-electron chi connectivity index (χ1n) is 10.9. The van der Waals surface area contributed by atoms with Gasteiger partial charge in [-0.2, -0.15) is 0 Å². The summed E-state index contributed by atoms with van der Waals surface area (Å²) >= 11 is 0. The molecule has 2 aromatic rings. The highest BCUT2D eigenvalue weighted by Crippen LogP contribution is 2.34. The van der Waals surface area contributed by atoms with Gasteiger partial charge in [-0.15, -0.1) is 0 Å². The van der Waals surface area contributed by atoms with Crippen LogP contribution in [0.1, 0.15) is 29.5 Å². The van der Waals surface area contributed by atoms with Crippen LogP contribution in [0.4, 0.5) is 0 Å². The Morgan fingerprint density at radius 2 is 1.79 bits per heavy atom. The number of carbonyl (C=O) groups excluding carboxylic acids is 1. The fourth-order valence-electron chi connectivity index (χ4n) is 4.72. The molecule has 4 nitrogen and oxygen atoms in total. The van der Waals surface area contributed by atoms with Crippen molar-refractivity contribution >= 4 is 5.91 Å². The molecule has 0 unspecified atom stereocenters. The smallest absolute Gasteiger partial charge is 0.241 e.